The first-order valence-electron chi connectivity index (χ1n) is 8.67. The highest BCUT2D eigenvalue weighted by atomic mass is 19.1. The molecule has 6 nitrogen and oxygen atoms in total. The van der Waals surface area contributed by atoms with Crippen LogP contribution in [0.5, 0.6) is 0 Å². The summed E-state index contributed by atoms with van der Waals surface area (Å²) in [6.45, 7) is 1.62. The molecule has 1 aliphatic rings. The minimum Gasteiger partial charge on any atom is -0.465 e. The fourth-order valence-corrected chi connectivity index (χ4v) is 3.12. The van der Waals surface area contributed by atoms with Crippen LogP contribution in [0.1, 0.15) is 22.8 Å². The second kappa shape index (κ2) is 8.10. The van der Waals surface area contributed by atoms with Crippen LogP contribution in [0.4, 0.5) is 10.1 Å². The van der Waals surface area contributed by atoms with Crippen molar-refractivity contribution in [2.75, 3.05) is 19.1 Å². The van der Waals surface area contributed by atoms with Crippen molar-refractivity contribution in [3.05, 3.63) is 82.3 Å². The number of carbonyl (C=O) groups is 3. The van der Waals surface area contributed by atoms with E-state index in [-0.39, 0.29) is 11.1 Å². The lowest BCUT2D eigenvalue weighted by atomic mass is 10.0. The molecule has 0 fully saturated rings. The quantitative estimate of drug-likeness (QED) is 0.585. The van der Waals surface area contributed by atoms with Crippen LogP contribution in [0.25, 0.3) is 6.08 Å². The van der Waals surface area contributed by atoms with Crippen molar-refractivity contribution in [1.82, 2.24) is 0 Å². The van der Waals surface area contributed by atoms with Crippen LogP contribution in [0.2, 0.25) is 0 Å². The highest BCUT2D eigenvalue weighted by molar-refractivity contribution is 6.23. The summed E-state index contributed by atoms with van der Waals surface area (Å²) in [5, 5.41) is 0. The van der Waals surface area contributed by atoms with Gasteiger partial charge in [-0.2, -0.15) is 0 Å². The topological polar surface area (TPSA) is 72.9 Å². The Kier molecular flexibility index (Phi) is 5.59. The molecule has 0 atom stereocenters. The van der Waals surface area contributed by atoms with Gasteiger partial charge in [0.05, 0.1) is 30.9 Å². The summed E-state index contributed by atoms with van der Waals surface area (Å²) in [7, 11) is 2.50. The average molecular weight is 395 g/mol. The third-order valence-corrected chi connectivity index (χ3v) is 4.50. The number of hydrogen-bond donors (Lipinski definition) is 0. The van der Waals surface area contributed by atoms with Crippen LogP contribution >= 0.6 is 0 Å². The molecule has 0 aromatic heterocycles. The zero-order valence-corrected chi connectivity index (χ0v) is 16.1. The third kappa shape index (κ3) is 3.80. The number of methoxy groups -OCH3 is 2. The smallest absolute Gasteiger partial charge is 0.340 e. The van der Waals surface area contributed by atoms with E-state index in [1.807, 2.05) is 0 Å². The van der Waals surface area contributed by atoms with Gasteiger partial charge in [-0.15, -0.1) is 0 Å². The molecule has 0 bridgehead atoms. The van der Waals surface area contributed by atoms with E-state index in [9.17, 15) is 18.8 Å². The predicted molar refractivity (Wildman–Crippen MR) is 104 cm³/mol. The SMILES string of the molecule is COC(=O)C1=C(C)N(c2ccc(C(=O)OC)cc2)C(=O)/C1=C\c1cccc(F)c1. The molecule has 0 saturated heterocycles. The van der Waals surface area contributed by atoms with Gasteiger partial charge in [-0.25, -0.2) is 14.0 Å². The molecule has 1 heterocycles. The second-order valence-electron chi connectivity index (χ2n) is 6.24. The van der Waals surface area contributed by atoms with Crippen molar-refractivity contribution in [2.24, 2.45) is 0 Å². The lowest BCUT2D eigenvalue weighted by molar-refractivity contribution is -0.136. The van der Waals surface area contributed by atoms with Gasteiger partial charge in [0, 0.05) is 11.4 Å². The van der Waals surface area contributed by atoms with E-state index >= 15 is 0 Å². The summed E-state index contributed by atoms with van der Waals surface area (Å²) in [5.41, 5.74) is 1.79. The molecule has 0 N–H and O–H groups in total. The molecule has 0 spiro atoms. The Hall–Kier alpha value is -3.74. The van der Waals surface area contributed by atoms with Crippen molar-refractivity contribution >= 4 is 29.6 Å². The summed E-state index contributed by atoms with van der Waals surface area (Å²) in [4.78, 5) is 38.5. The van der Waals surface area contributed by atoms with E-state index in [2.05, 4.69) is 4.74 Å². The second-order valence-corrected chi connectivity index (χ2v) is 6.24. The average Bonchev–Trinajstić information content (AvgIpc) is 2.96. The molecule has 1 amide bonds. The zero-order chi connectivity index (χ0) is 21.1. The number of nitrogens with zero attached hydrogens (tertiary/aromatic N) is 1. The monoisotopic (exact) mass is 395 g/mol. The Balaban J connectivity index is 2.08. The highest BCUT2D eigenvalue weighted by Gasteiger charge is 2.37. The maximum Gasteiger partial charge on any atom is 0.340 e. The molecular weight excluding hydrogens is 377 g/mol. The number of allylic oxidation sites excluding steroid dienone is 1. The van der Waals surface area contributed by atoms with Gasteiger partial charge >= 0.3 is 11.9 Å². The van der Waals surface area contributed by atoms with Gasteiger partial charge in [-0.1, -0.05) is 12.1 Å². The van der Waals surface area contributed by atoms with E-state index in [1.165, 1.54) is 55.5 Å². The molecule has 29 heavy (non-hydrogen) atoms. The lowest BCUT2D eigenvalue weighted by Crippen LogP contribution is -2.24. The zero-order valence-electron chi connectivity index (χ0n) is 16.1. The van der Waals surface area contributed by atoms with Gasteiger partial charge in [0.25, 0.3) is 5.91 Å². The van der Waals surface area contributed by atoms with Crippen molar-refractivity contribution in [2.45, 2.75) is 6.92 Å². The molecule has 0 aliphatic carbocycles. The van der Waals surface area contributed by atoms with Crippen LogP contribution in [-0.4, -0.2) is 32.1 Å². The molecule has 2 aromatic rings. The van der Waals surface area contributed by atoms with E-state index in [4.69, 9.17) is 4.74 Å². The molecule has 1 aliphatic heterocycles. The maximum absolute atomic E-state index is 13.5. The van der Waals surface area contributed by atoms with Crippen molar-refractivity contribution in [3.8, 4) is 0 Å². The maximum atomic E-state index is 13.5. The first-order chi connectivity index (χ1) is 13.9. The van der Waals surface area contributed by atoms with Crippen LogP contribution in [-0.2, 0) is 19.1 Å². The summed E-state index contributed by atoms with van der Waals surface area (Å²) in [6.07, 6.45) is 1.45. The Morgan fingerprint density at radius 1 is 1.00 bits per heavy atom. The standard InChI is InChI=1S/C22H18FNO5/c1-13-19(22(27)29-3)18(12-14-5-4-6-16(23)11-14)20(25)24(13)17-9-7-15(8-10-17)21(26)28-2/h4-12H,1-3H3/b18-12-. The van der Waals surface area contributed by atoms with Crippen LogP contribution < -0.4 is 4.90 Å². The number of rotatable bonds is 4. The van der Waals surface area contributed by atoms with Crippen LogP contribution in [0, 0.1) is 5.82 Å². The van der Waals surface area contributed by atoms with E-state index < -0.39 is 23.7 Å². The predicted octanol–water partition coefficient (Wildman–Crippen LogP) is 3.49. The first kappa shape index (κ1) is 20.0. The number of hydrogen-bond acceptors (Lipinski definition) is 5. The number of ether oxygens (including phenoxy) is 2. The van der Waals surface area contributed by atoms with Crippen molar-refractivity contribution in [3.63, 3.8) is 0 Å². The number of carbonyl (C=O) groups excluding carboxylic acids is 3. The molecule has 0 unspecified atom stereocenters. The summed E-state index contributed by atoms with van der Waals surface area (Å²) >= 11 is 0. The summed E-state index contributed by atoms with van der Waals surface area (Å²) in [6, 6.07) is 11.9. The van der Waals surface area contributed by atoms with Gasteiger partial charge in [-0.3, -0.25) is 9.69 Å². The minimum atomic E-state index is -0.674. The molecule has 7 heteroatoms. The van der Waals surface area contributed by atoms with E-state index in [1.54, 1.807) is 25.1 Å². The van der Waals surface area contributed by atoms with Crippen molar-refractivity contribution in [1.29, 1.82) is 0 Å². The number of benzene rings is 2. The Bertz CT molecular complexity index is 1050. The number of esters is 2. The Labute approximate surface area is 166 Å². The molecule has 148 valence electrons. The largest absolute Gasteiger partial charge is 0.465 e. The van der Waals surface area contributed by atoms with Gasteiger partial charge in [0.15, 0.2) is 0 Å². The fourth-order valence-electron chi connectivity index (χ4n) is 3.12. The Morgan fingerprint density at radius 3 is 2.24 bits per heavy atom. The van der Waals surface area contributed by atoms with E-state index in [0.29, 0.717) is 22.5 Å². The van der Waals surface area contributed by atoms with Crippen LogP contribution in [0.3, 0.4) is 0 Å². The molecule has 2 aromatic carbocycles. The van der Waals surface area contributed by atoms with Crippen molar-refractivity contribution < 1.29 is 28.2 Å². The number of amides is 1. The summed E-state index contributed by atoms with van der Waals surface area (Å²) in [5.74, 6) is -2.09. The first-order valence-corrected chi connectivity index (χ1v) is 8.67. The number of halogens is 1. The third-order valence-electron chi connectivity index (χ3n) is 4.50. The summed E-state index contributed by atoms with van der Waals surface area (Å²) < 4.78 is 23.1. The van der Waals surface area contributed by atoms with Gasteiger partial charge in [-0.05, 0) is 55.0 Å². The molecule has 0 radical (unpaired) electrons. The Morgan fingerprint density at radius 2 is 1.66 bits per heavy atom. The number of anilines is 1. The molecule has 0 saturated carbocycles. The molecular formula is C22H18FNO5. The van der Waals surface area contributed by atoms with Gasteiger partial charge < -0.3 is 9.47 Å². The van der Waals surface area contributed by atoms with Gasteiger partial charge in [0.1, 0.15) is 5.82 Å². The normalized spacial score (nSPS) is 15.1. The van der Waals surface area contributed by atoms with Crippen LogP contribution in [0.15, 0.2) is 65.4 Å². The fraction of sp³-hybridized carbons (Fsp3) is 0.136. The van der Waals surface area contributed by atoms with Gasteiger partial charge in [0.2, 0.25) is 0 Å². The molecule has 3 rings (SSSR count). The lowest BCUT2D eigenvalue weighted by Gasteiger charge is -2.18. The highest BCUT2D eigenvalue weighted by Crippen LogP contribution is 2.35. The minimum absolute atomic E-state index is 0.0944. The van der Waals surface area contributed by atoms with E-state index in [0.717, 1.165) is 0 Å².